The molecular weight excluding hydrogens is 330 g/mol. The van der Waals surface area contributed by atoms with Gasteiger partial charge in [0.25, 0.3) is 0 Å². The van der Waals surface area contributed by atoms with Gasteiger partial charge in [-0.1, -0.05) is 41.4 Å². The van der Waals surface area contributed by atoms with Crippen LogP contribution in [0.25, 0.3) is 0 Å². The molecule has 0 spiro atoms. The Hall–Kier alpha value is -1.62. The Morgan fingerprint density at radius 2 is 2.10 bits per heavy atom. The number of nitrogens with zero attached hydrogens (tertiary/aromatic N) is 2. The quantitative estimate of drug-likeness (QED) is 0.813. The first kappa shape index (κ1) is 15.8. The lowest BCUT2D eigenvalue weighted by molar-refractivity contribution is 0.290. The highest BCUT2D eigenvalue weighted by atomic mass is 79.9. The van der Waals surface area contributed by atoms with Crippen LogP contribution in [-0.2, 0) is 13.0 Å². The predicted molar refractivity (Wildman–Crippen MR) is 88.7 cm³/mol. The molecule has 1 N–H and O–H groups in total. The maximum Gasteiger partial charge on any atom is 0.222 e. The molecule has 0 bridgehead atoms. The zero-order valence-corrected chi connectivity index (χ0v) is 14.0. The van der Waals surface area contributed by atoms with Crippen LogP contribution < -0.4 is 10.1 Å². The molecule has 1 aromatic carbocycles. The third-order valence-electron chi connectivity index (χ3n) is 3.01. The maximum absolute atomic E-state index is 5.91. The van der Waals surface area contributed by atoms with Gasteiger partial charge in [-0.15, -0.1) is 0 Å². The van der Waals surface area contributed by atoms with E-state index in [9.17, 15) is 0 Å². The molecule has 0 saturated carbocycles. The van der Waals surface area contributed by atoms with Crippen molar-refractivity contribution in [3.63, 3.8) is 0 Å². The molecule has 0 aliphatic rings. The number of anilines is 1. The van der Waals surface area contributed by atoms with Crippen molar-refractivity contribution in [2.75, 3.05) is 11.9 Å². The van der Waals surface area contributed by atoms with Crippen LogP contribution in [0.1, 0.15) is 31.4 Å². The van der Waals surface area contributed by atoms with E-state index in [0.29, 0.717) is 12.5 Å². The summed E-state index contributed by atoms with van der Waals surface area (Å²) in [5, 5.41) is 3.27. The number of nitrogens with one attached hydrogen (secondary N) is 1. The molecule has 0 amide bonds. The van der Waals surface area contributed by atoms with E-state index in [4.69, 9.17) is 4.74 Å². The second-order valence-electron chi connectivity index (χ2n) is 4.70. The molecule has 0 unspecified atom stereocenters. The van der Waals surface area contributed by atoms with E-state index in [1.807, 2.05) is 24.3 Å². The Balaban J connectivity index is 2.16. The van der Waals surface area contributed by atoms with Gasteiger partial charge in [0.2, 0.25) is 5.88 Å². The molecule has 21 heavy (non-hydrogen) atoms. The van der Waals surface area contributed by atoms with Crippen LogP contribution in [0.5, 0.6) is 5.88 Å². The first-order chi connectivity index (χ1) is 10.2. The van der Waals surface area contributed by atoms with Crippen LogP contribution in [0.15, 0.2) is 35.1 Å². The molecule has 0 saturated heterocycles. The number of hydrogen-bond donors (Lipinski definition) is 1. The standard InChI is InChI=1S/C16H20BrN3O/c1-3-6-14-15(18-4-2)19-11-20-16(14)21-10-12-7-5-8-13(17)9-12/h5,7-9,11H,3-4,6,10H2,1-2H3,(H,18,19,20). The SMILES string of the molecule is CCCc1c(NCC)ncnc1OCc1cccc(Br)c1. The van der Waals surface area contributed by atoms with Crippen LogP contribution in [0, 0.1) is 0 Å². The minimum atomic E-state index is 0.499. The van der Waals surface area contributed by atoms with Crippen LogP contribution in [0.2, 0.25) is 0 Å². The van der Waals surface area contributed by atoms with Crippen LogP contribution in [0.3, 0.4) is 0 Å². The molecule has 2 aromatic rings. The summed E-state index contributed by atoms with van der Waals surface area (Å²) in [6, 6.07) is 8.09. The fraction of sp³-hybridized carbons (Fsp3) is 0.375. The van der Waals surface area contributed by atoms with Crippen LogP contribution >= 0.6 is 15.9 Å². The topological polar surface area (TPSA) is 47.0 Å². The lowest BCUT2D eigenvalue weighted by atomic mass is 10.1. The Labute approximate surface area is 134 Å². The zero-order valence-electron chi connectivity index (χ0n) is 12.4. The molecule has 0 fully saturated rings. The molecule has 0 aliphatic heterocycles. The highest BCUT2D eigenvalue weighted by Gasteiger charge is 2.11. The summed E-state index contributed by atoms with van der Waals surface area (Å²) < 4.78 is 6.96. The third kappa shape index (κ3) is 4.43. The number of benzene rings is 1. The highest BCUT2D eigenvalue weighted by molar-refractivity contribution is 9.10. The van der Waals surface area contributed by atoms with Gasteiger partial charge in [-0.3, -0.25) is 0 Å². The molecule has 112 valence electrons. The second kappa shape index (κ2) is 7.98. The third-order valence-corrected chi connectivity index (χ3v) is 3.51. The van der Waals surface area contributed by atoms with Gasteiger partial charge >= 0.3 is 0 Å². The van der Waals surface area contributed by atoms with Gasteiger partial charge in [-0.2, -0.15) is 0 Å². The normalized spacial score (nSPS) is 10.4. The summed E-state index contributed by atoms with van der Waals surface area (Å²) in [7, 11) is 0. The molecule has 0 aliphatic carbocycles. The summed E-state index contributed by atoms with van der Waals surface area (Å²) in [6.45, 7) is 5.53. The molecule has 2 rings (SSSR count). The predicted octanol–water partition coefficient (Wildman–Crippen LogP) is 4.20. The van der Waals surface area contributed by atoms with Crippen molar-refractivity contribution in [1.29, 1.82) is 0 Å². The van der Waals surface area contributed by atoms with E-state index in [2.05, 4.69) is 45.1 Å². The molecule has 5 heteroatoms. The number of hydrogen-bond acceptors (Lipinski definition) is 4. The summed E-state index contributed by atoms with van der Waals surface area (Å²) >= 11 is 3.47. The van der Waals surface area contributed by atoms with Gasteiger partial charge in [-0.05, 0) is 31.0 Å². The summed E-state index contributed by atoms with van der Waals surface area (Å²) in [4.78, 5) is 8.60. The second-order valence-corrected chi connectivity index (χ2v) is 5.62. The minimum Gasteiger partial charge on any atom is -0.472 e. The Kier molecular flexibility index (Phi) is 5.99. The fourth-order valence-electron chi connectivity index (χ4n) is 2.09. The van der Waals surface area contributed by atoms with Crippen molar-refractivity contribution in [1.82, 2.24) is 9.97 Å². The van der Waals surface area contributed by atoms with E-state index in [-0.39, 0.29) is 0 Å². The van der Waals surface area contributed by atoms with E-state index >= 15 is 0 Å². The van der Waals surface area contributed by atoms with Gasteiger partial charge in [0.05, 0.1) is 5.56 Å². The van der Waals surface area contributed by atoms with Gasteiger partial charge in [0.1, 0.15) is 18.8 Å². The Bertz CT molecular complexity index is 589. The molecule has 1 aromatic heterocycles. The summed E-state index contributed by atoms with van der Waals surface area (Å²) in [5.74, 6) is 1.54. The molecule has 1 heterocycles. The van der Waals surface area contributed by atoms with Crippen molar-refractivity contribution < 1.29 is 4.74 Å². The Morgan fingerprint density at radius 1 is 1.24 bits per heavy atom. The van der Waals surface area contributed by atoms with Crippen LogP contribution in [0.4, 0.5) is 5.82 Å². The summed E-state index contributed by atoms with van der Waals surface area (Å²) in [5.41, 5.74) is 2.16. The van der Waals surface area contributed by atoms with E-state index in [1.54, 1.807) is 6.33 Å². The van der Waals surface area contributed by atoms with Crippen molar-refractivity contribution in [3.8, 4) is 5.88 Å². The maximum atomic E-state index is 5.91. The van der Waals surface area contributed by atoms with Crippen LogP contribution in [-0.4, -0.2) is 16.5 Å². The minimum absolute atomic E-state index is 0.499. The van der Waals surface area contributed by atoms with Crippen molar-refractivity contribution in [3.05, 3.63) is 46.2 Å². The van der Waals surface area contributed by atoms with Gasteiger partial charge in [-0.25, -0.2) is 9.97 Å². The highest BCUT2D eigenvalue weighted by Crippen LogP contribution is 2.24. The zero-order chi connectivity index (χ0) is 15.1. The smallest absolute Gasteiger partial charge is 0.222 e. The van der Waals surface area contributed by atoms with Gasteiger partial charge in [0, 0.05) is 11.0 Å². The average molecular weight is 350 g/mol. The number of rotatable bonds is 7. The first-order valence-electron chi connectivity index (χ1n) is 7.19. The van der Waals surface area contributed by atoms with E-state index in [0.717, 1.165) is 40.8 Å². The molecular formula is C16H20BrN3O. The first-order valence-corrected chi connectivity index (χ1v) is 7.98. The van der Waals surface area contributed by atoms with Gasteiger partial charge < -0.3 is 10.1 Å². The van der Waals surface area contributed by atoms with E-state index in [1.165, 1.54) is 0 Å². The average Bonchev–Trinajstić information content (AvgIpc) is 2.48. The van der Waals surface area contributed by atoms with Crippen molar-refractivity contribution in [2.45, 2.75) is 33.3 Å². The van der Waals surface area contributed by atoms with Crippen molar-refractivity contribution >= 4 is 21.7 Å². The Morgan fingerprint density at radius 3 is 2.81 bits per heavy atom. The number of aromatic nitrogens is 2. The lowest BCUT2D eigenvalue weighted by Crippen LogP contribution is -2.08. The largest absolute Gasteiger partial charge is 0.472 e. The number of ether oxygens (including phenoxy) is 1. The summed E-state index contributed by atoms with van der Waals surface area (Å²) in [6.07, 6.45) is 3.48. The molecule has 0 radical (unpaired) electrons. The molecule has 0 atom stereocenters. The van der Waals surface area contributed by atoms with E-state index < -0.39 is 0 Å². The molecule has 4 nitrogen and oxygen atoms in total. The lowest BCUT2D eigenvalue weighted by Gasteiger charge is -2.14. The monoisotopic (exact) mass is 349 g/mol. The number of halogens is 1. The van der Waals surface area contributed by atoms with Gasteiger partial charge in [0.15, 0.2) is 0 Å². The van der Waals surface area contributed by atoms with Crippen molar-refractivity contribution in [2.24, 2.45) is 0 Å². The fourth-order valence-corrected chi connectivity index (χ4v) is 2.54.